The Balaban J connectivity index is 1.38. The van der Waals surface area contributed by atoms with Gasteiger partial charge in [-0.15, -0.1) is 0 Å². The lowest BCUT2D eigenvalue weighted by atomic mass is 9.80. The van der Waals surface area contributed by atoms with Crippen LogP contribution < -0.4 is 14.8 Å². The molecule has 0 aromatic heterocycles. The average Bonchev–Trinajstić information content (AvgIpc) is 3.22. The molecule has 1 N–H and O–H groups in total. The molecule has 1 fully saturated rings. The largest absolute Gasteiger partial charge is 0.454 e. The second-order valence-electron chi connectivity index (χ2n) is 8.20. The van der Waals surface area contributed by atoms with Crippen LogP contribution in [0, 0.1) is 12.3 Å². The van der Waals surface area contributed by atoms with Crippen LogP contribution in [0.1, 0.15) is 30.9 Å². The molecule has 2 aromatic rings. The summed E-state index contributed by atoms with van der Waals surface area (Å²) in [7, 11) is -3.66. The minimum atomic E-state index is -3.66. The molecule has 7 nitrogen and oxygen atoms in total. The lowest BCUT2D eigenvalue weighted by molar-refractivity contribution is -0.132. The lowest BCUT2D eigenvalue weighted by Crippen LogP contribution is -2.48. The minimum Gasteiger partial charge on any atom is -0.454 e. The van der Waals surface area contributed by atoms with Gasteiger partial charge in [-0.1, -0.05) is 30.7 Å². The minimum absolute atomic E-state index is 0.0823. The third-order valence-corrected chi connectivity index (χ3v) is 8.55. The quantitative estimate of drug-likeness (QED) is 0.732. The number of halogens is 1. The number of benzene rings is 2. The van der Waals surface area contributed by atoms with Gasteiger partial charge < -0.3 is 14.8 Å². The second-order valence-corrected chi connectivity index (χ2v) is 10.5. The van der Waals surface area contributed by atoms with Gasteiger partial charge in [0.05, 0.1) is 4.90 Å². The highest BCUT2D eigenvalue weighted by molar-refractivity contribution is 7.89. The smallest absolute Gasteiger partial charge is 0.243 e. The van der Waals surface area contributed by atoms with Crippen molar-refractivity contribution < 1.29 is 22.7 Å². The first-order valence-corrected chi connectivity index (χ1v) is 11.9. The molecule has 0 bridgehead atoms. The van der Waals surface area contributed by atoms with E-state index in [-0.39, 0.29) is 30.7 Å². The van der Waals surface area contributed by atoms with Crippen LogP contribution in [-0.4, -0.2) is 38.5 Å². The van der Waals surface area contributed by atoms with E-state index in [2.05, 4.69) is 5.32 Å². The van der Waals surface area contributed by atoms with Gasteiger partial charge in [0.25, 0.3) is 0 Å². The van der Waals surface area contributed by atoms with Crippen molar-refractivity contribution >= 4 is 27.5 Å². The Kier molecular flexibility index (Phi) is 5.89. The van der Waals surface area contributed by atoms with Gasteiger partial charge in [-0.3, -0.25) is 4.79 Å². The summed E-state index contributed by atoms with van der Waals surface area (Å²) < 4.78 is 38.3. The second kappa shape index (κ2) is 8.33. The highest BCUT2D eigenvalue weighted by Gasteiger charge is 2.40. The summed E-state index contributed by atoms with van der Waals surface area (Å²) in [6, 6.07) is 10.5. The average molecular weight is 465 g/mol. The predicted octanol–water partition coefficient (Wildman–Crippen LogP) is 3.48. The van der Waals surface area contributed by atoms with Gasteiger partial charge in [0.1, 0.15) is 0 Å². The van der Waals surface area contributed by atoms with Gasteiger partial charge in [-0.2, -0.15) is 4.31 Å². The van der Waals surface area contributed by atoms with Crippen LogP contribution in [0.5, 0.6) is 11.5 Å². The number of carbonyl (C=O) groups is 1. The molecule has 2 aliphatic heterocycles. The Labute approximate surface area is 187 Å². The topological polar surface area (TPSA) is 84.9 Å². The zero-order valence-electron chi connectivity index (χ0n) is 17.5. The molecule has 0 saturated carbocycles. The number of sulfonamides is 1. The zero-order valence-corrected chi connectivity index (χ0v) is 19.1. The molecule has 0 atom stereocenters. The van der Waals surface area contributed by atoms with E-state index in [9.17, 15) is 13.2 Å². The van der Waals surface area contributed by atoms with Gasteiger partial charge in [-0.05, 0) is 55.2 Å². The number of nitrogens with one attached hydrogen (secondary N) is 1. The maximum Gasteiger partial charge on any atom is 0.243 e. The Bertz CT molecular complexity index is 1110. The van der Waals surface area contributed by atoms with Crippen molar-refractivity contribution in [1.82, 2.24) is 9.62 Å². The van der Waals surface area contributed by atoms with Crippen LogP contribution in [0.4, 0.5) is 0 Å². The third kappa shape index (κ3) is 4.24. The molecule has 4 rings (SSSR count). The van der Waals surface area contributed by atoms with Crippen LogP contribution in [0.2, 0.25) is 5.02 Å². The molecule has 9 heteroatoms. The number of hydrogen-bond donors (Lipinski definition) is 1. The van der Waals surface area contributed by atoms with Crippen molar-refractivity contribution in [3.63, 3.8) is 0 Å². The van der Waals surface area contributed by atoms with Gasteiger partial charge in [0, 0.05) is 30.1 Å². The lowest BCUT2D eigenvalue weighted by Gasteiger charge is -2.37. The summed E-state index contributed by atoms with van der Waals surface area (Å²) >= 11 is 6.11. The Morgan fingerprint density at radius 1 is 1.16 bits per heavy atom. The van der Waals surface area contributed by atoms with Crippen molar-refractivity contribution in [3.8, 4) is 11.5 Å². The normalized spacial score (nSPS) is 18.0. The first kappa shape index (κ1) is 21.9. The monoisotopic (exact) mass is 464 g/mol. The number of rotatable bonds is 5. The van der Waals surface area contributed by atoms with E-state index >= 15 is 0 Å². The molecule has 0 radical (unpaired) electrons. The zero-order chi connectivity index (χ0) is 22.2. The number of piperidine rings is 1. The van der Waals surface area contributed by atoms with E-state index in [1.165, 1.54) is 4.31 Å². The first-order chi connectivity index (χ1) is 14.7. The molecule has 0 unspecified atom stereocenters. The van der Waals surface area contributed by atoms with Crippen LogP contribution >= 0.6 is 11.6 Å². The van der Waals surface area contributed by atoms with Crippen LogP contribution in [0.25, 0.3) is 0 Å². The summed E-state index contributed by atoms with van der Waals surface area (Å²) in [5.74, 6) is 1.29. The molecule has 2 aliphatic rings. The summed E-state index contributed by atoms with van der Waals surface area (Å²) in [5.41, 5.74) is 0.822. The van der Waals surface area contributed by atoms with E-state index in [4.69, 9.17) is 21.1 Å². The highest BCUT2D eigenvalue weighted by Crippen LogP contribution is 2.35. The number of nitrogens with zero attached hydrogens (tertiary/aromatic N) is 1. The van der Waals surface area contributed by atoms with Crippen molar-refractivity contribution in [2.75, 3.05) is 19.9 Å². The molecular formula is C22H25ClN2O5S. The molecule has 1 amide bonds. The Morgan fingerprint density at radius 2 is 1.87 bits per heavy atom. The highest BCUT2D eigenvalue weighted by atomic mass is 35.5. The predicted molar refractivity (Wildman–Crippen MR) is 117 cm³/mol. The van der Waals surface area contributed by atoms with Gasteiger partial charge >= 0.3 is 0 Å². The number of carbonyl (C=O) groups excluding carboxylic acids is 1. The van der Waals surface area contributed by atoms with E-state index in [0.717, 1.165) is 5.56 Å². The van der Waals surface area contributed by atoms with Crippen LogP contribution in [0.3, 0.4) is 0 Å². The van der Waals surface area contributed by atoms with E-state index in [1.807, 2.05) is 25.1 Å². The fourth-order valence-corrected chi connectivity index (χ4v) is 5.82. The third-order valence-electron chi connectivity index (χ3n) is 6.10. The van der Waals surface area contributed by atoms with Gasteiger partial charge in [-0.25, -0.2) is 8.42 Å². The van der Waals surface area contributed by atoms with Gasteiger partial charge in [0.2, 0.25) is 22.7 Å². The van der Waals surface area contributed by atoms with Gasteiger partial charge in [0.15, 0.2) is 11.5 Å². The summed E-state index contributed by atoms with van der Waals surface area (Å²) in [5, 5.41) is 3.40. The van der Waals surface area contributed by atoms with Crippen LogP contribution in [-0.2, 0) is 21.4 Å². The molecule has 0 spiro atoms. The molecule has 1 saturated heterocycles. The molecule has 2 aromatic carbocycles. The van der Waals surface area contributed by atoms with Crippen molar-refractivity contribution in [3.05, 3.63) is 52.5 Å². The van der Waals surface area contributed by atoms with Crippen molar-refractivity contribution in [2.24, 2.45) is 5.41 Å². The number of amides is 1. The molecule has 31 heavy (non-hydrogen) atoms. The van der Waals surface area contributed by atoms with E-state index < -0.39 is 15.4 Å². The number of ether oxygens (including phenoxy) is 2. The maximum atomic E-state index is 13.1. The van der Waals surface area contributed by atoms with Crippen molar-refractivity contribution in [2.45, 2.75) is 38.1 Å². The Hall–Kier alpha value is -2.29. The summed E-state index contributed by atoms with van der Waals surface area (Å²) in [6.07, 6.45) is 0.887. The molecule has 2 heterocycles. The molecule has 0 aliphatic carbocycles. The maximum absolute atomic E-state index is 13.1. The van der Waals surface area contributed by atoms with E-state index in [0.29, 0.717) is 41.5 Å². The van der Waals surface area contributed by atoms with Crippen molar-refractivity contribution in [1.29, 1.82) is 0 Å². The summed E-state index contributed by atoms with van der Waals surface area (Å²) in [4.78, 5) is 13.1. The summed E-state index contributed by atoms with van der Waals surface area (Å²) in [6.45, 7) is 4.72. The molecular weight excluding hydrogens is 440 g/mol. The fraction of sp³-hybridized carbons (Fsp3) is 0.409. The Morgan fingerprint density at radius 3 is 2.61 bits per heavy atom. The SMILES string of the molecule is Cc1c(Cl)cccc1S(=O)(=O)N1CCC(C)(C(=O)NCc2ccc3c(c2)OCO3)CC1. The number of hydrogen-bond acceptors (Lipinski definition) is 5. The van der Waals surface area contributed by atoms with Crippen LogP contribution in [0.15, 0.2) is 41.3 Å². The standard InChI is InChI=1S/C22H25ClN2O5S/c1-15-17(23)4-3-5-20(15)31(27,28)25-10-8-22(2,9-11-25)21(26)24-13-16-6-7-18-19(12-16)30-14-29-18/h3-7,12H,8-11,13-14H2,1-2H3,(H,24,26). The fourth-order valence-electron chi connectivity index (χ4n) is 3.90. The molecule has 166 valence electrons. The van der Waals surface area contributed by atoms with E-state index in [1.54, 1.807) is 25.1 Å². The number of fused-ring (bicyclic) bond motifs is 1. The first-order valence-electron chi connectivity index (χ1n) is 10.1.